The van der Waals surface area contributed by atoms with Gasteiger partial charge in [0.15, 0.2) is 5.69 Å². The molecule has 0 unspecified atom stereocenters. The first-order chi connectivity index (χ1) is 11.6. The molecule has 1 heterocycles. The van der Waals surface area contributed by atoms with Crippen LogP contribution in [0.2, 0.25) is 0 Å². The molecule has 0 saturated heterocycles. The summed E-state index contributed by atoms with van der Waals surface area (Å²) in [5.41, 5.74) is 1.89. The van der Waals surface area contributed by atoms with Crippen LogP contribution in [0.25, 0.3) is 0 Å². The third-order valence-corrected chi connectivity index (χ3v) is 2.98. The highest BCUT2D eigenvalue weighted by atomic mass is 16.5. The van der Waals surface area contributed by atoms with Crippen LogP contribution in [0.5, 0.6) is 0 Å². The fourth-order valence-electron chi connectivity index (χ4n) is 1.86. The van der Waals surface area contributed by atoms with Gasteiger partial charge in [0.05, 0.1) is 12.1 Å². The number of carboxylic acid groups (broad SMARTS) is 1. The fourth-order valence-corrected chi connectivity index (χ4v) is 1.86. The van der Waals surface area contributed by atoms with Crippen LogP contribution in [0, 0.1) is 18.8 Å². The van der Waals surface area contributed by atoms with E-state index in [4.69, 9.17) is 9.84 Å². The number of alkyl carbamates (subject to hydrolysis) is 1. The van der Waals surface area contributed by atoms with Gasteiger partial charge in [-0.1, -0.05) is 42.2 Å². The van der Waals surface area contributed by atoms with E-state index in [-0.39, 0.29) is 18.8 Å². The predicted octanol–water partition coefficient (Wildman–Crippen LogP) is 2.37. The number of benzene rings is 1. The normalized spacial score (nSPS) is 9.54. The van der Waals surface area contributed by atoms with Crippen LogP contribution in [0.3, 0.4) is 0 Å². The number of amides is 1. The van der Waals surface area contributed by atoms with E-state index in [0.29, 0.717) is 5.56 Å². The van der Waals surface area contributed by atoms with Gasteiger partial charge in [0, 0.05) is 6.20 Å². The number of hydrogen-bond acceptors (Lipinski definition) is 4. The van der Waals surface area contributed by atoms with Gasteiger partial charge in [-0.3, -0.25) is 0 Å². The van der Waals surface area contributed by atoms with Crippen molar-refractivity contribution in [3.8, 4) is 11.8 Å². The maximum atomic E-state index is 11.5. The maximum absolute atomic E-state index is 11.5. The standard InChI is InChI=1S/C18H16N2O4/c1-13-10-15(16(17(21)22)20-11-13)8-5-9-19-18(23)24-12-14-6-3-2-4-7-14/h2-4,6-7,10-11H,9,12H2,1H3,(H,19,23)(H,21,22). The molecule has 122 valence electrons. The van der Waals surface area contributed by atoms with E-state index in [1.54, 1.807) is 13.0 Å². The lowest BCUT2D eigenvalue weighted by Crippen LogP contribution is -2.24. The molecule has 1 amide bonds. The SMILES string of the molecule is Cc1cnc(C(=O)O)c(C#CCNC(=O)OCc2ccccc2)c1. The summed E-state index contributed by atoms with van der Waals surface area (Å²) in [5, 5.41) is 11.5. The van der Waals surface area contributed by atoms with E-state index in [2.05, 4.69) is 22.1 Å². The second kappa shape index (κ2) is 8.34. The number of nitrogens with one attached hydrogen (secondary N) is 1. The van der Waals surface area contributed by atoms with Gasteiger partial charge in [0.1, 0.15) is 6.61 Å². The first kappa shape index (κ1) is 17.0. The summed E-state index contributed by atoms with van der Waals surface area (Å²) < 4.78 is 5.04. The van der Waals surface area contributed by atoms with Crippen molar-refractivity contribution in [3.05, 3.63) is 65.0 Å². The zero-order valence-electron chi connectivity index (χ0n) is 13.1. The van der Waals surface area contributed by atoms with Crippen LogP contribution in [0.1, 0.15) is 27.2 Å². The largest absolute Gasteiger partial charge is 0.476 e. The van der Waals surface area contributed by atoms with Crippen LogP contribution >= 0.6 is 0 Å². The lowest BCUT2D eigenvalue weighted by Gasteiger charge is -2.04. The Bertz CT molecular complexity index is 792. The van der Waals surface area contributed by atoms with Crippen LogP contribution in [0.4, 0.5) is 4.79 Å². The number of rotatable bonds is 4. The Labute approximate surface area is 139 Å². The zero-order chi connectivity index (χ0) is 17.4. The average Bonchev–Trinajstić information content (AvgIpc) is 2.57. The van der Waals surface area contributed by atoms with E-state index in [1.165, 1.54) is 6.20 Å². The van der Waals surface area contributed by atoms with Crippen molar-refractivity contribution in [1.29, 1.82) is 0 Å². The van der Waals surface area contributed by atoms with Crippen molar-refractivity contribution in [1.82, 2.24) is 10.3 Å². The zero-order valence-corrected chi connectivity index (χ0v) is 13.1. The highest BCUT2D eigenvalue weighted by molar-refractivity contribution is 5.88. The highest BCUT2D eigenvalue weighted by Crippen LogP contribution is 2.07. The van der Waals surface area contributed by atoms with Gasteiger partial charge in [-0.2, -0.15) is 0 Å². The van der Waals surface area contributed by atoms with Crippen molar-refractivity contribution < 1.29 is 19.4 Å². The number of pyridine rings is 1. The monoisotopic (exact) mass is 324 g/mol. The van der Waals surface area contributed by atoms with Gasteiger partial charge in [-0.25, -0.2) is 14.6 Å². The smallest absolute Gasteiger partial charge is 0.408 e. The molecule has 0 spiro atoms. The van der Waals surface area contributed by atoms with Crippen molar-refractivity contribution in [2.45, 2.75) is 13.5 Å². The molecule has 2 aromatic rings. The Morgan fingerprint density at radius 1 is 1.29 bits per heavy atom. The molecule has 0 fully saturated rings. The minimum Gasteiger partial charge on any atom is -0.476 e. The second-order valence-corrected chi connectivity index (χ2v) is 4.93. The summed E-state index contributed by atoms with van der Waals surface area (Å²) in [5.74, 6) is 4.25. The molecular formula is C18H16N2O4. The Balaban J connectivity index is 1.86. The van der Waals surface area contributed by atoms with Gasteiger partial charge in [0.25, 0.3) is 0 Å². The Hall–Kier alpha value is -3.33. The van der Waals surface area contributed by atoms with E-state index in [1.807, 2.05) is 30.3 Å². The lowest BCUT2D eigenvalue weighted by molar-refractivity contribution is 0.0690. The first-order valence-electron chi connectivity index (χ1n) is 7.19. The molecule has 6 nitrogen and oxygen atoms in total. The number of nitrogens with zero attached hydrogens (tertiary/aromatic N) is 1. The number of aromatic nitrogens is 1. The van der Waals surface area contributed by atoms with Crippen molar-refractivity contribution in [3.63, 3.8) is 0 Å². The van der Waals surface area contributed by atoms with Gasteiger partial charge in [-0.05, 0) is 24.1 Å². The van der Waals surface area contributed by atoms with Gasteiger partial charge < -0.3 is 15.2 Å². The summed E-state index contributed by atoms with van der Waals surface area (Å²) in [7, 11) is 0. The number of aromatic carboxylic acids is 1. The molecule has 24 heavy (non-hydrogen) atoms. The van der Waals surface area contributed by atoms with E-state index in [0.717, 1.165) is 11.1 Å². The van der Waals surface area contributed by atoms with Crippen LogP contribution in [0.15, 0.2) is 42.6 Å². The third kappa shape index (κ3) is 5.14. The maximum Gasteiger partial charge on any atom is 0.408 e. The summed E-state index contributed by atoms with van der Waals surface area (Å²) in [6.45, 7) is 2.01. The number of carboxylic acids is 1. The number of aryl methyl sites for hydroxylation is 1. The van der Waals surface area contributed by atoms with Crippen molar-refractivity contribution in [2.75, 3.05) is 6.54 Å². The predicted molar refractivity (Wildman–Crippen MR) is 87.4 cm³/mol. The van der Waals surface area contributed by atoms with Crippen molar-refractivity contribution >= 4 is 12.1 Å². The molecule has 1 aromatic heterocycles. The van der Waals surface area contributed by atoms with Crippen LogP contribution < -0.4 is 5.32 Å². The molecule has 2 rings (SSSR count). The van der Waals surface area contributed by atoms with Crippen LogP contribution in [-0.4, -0.2) is 28.7 Å². The number of ether oxygens (including phenoxy) is 1. The molecular weight excluding hydrogens is 308 g/mol. The third-order valence-electron chi connectivity index (χ3n) is 2.98. The van der Waals surface area contributed by atoms with Gasteiger partial charge in [-0.15, -0.1) is 0 Å². The fraction of sp³-hybridized carbons (Fsp3) is 0.167. The topological polar surface area (TPSA) is 88.5 Å². The number of carbonyl (C=O) groups excluding carboxylic acids is 1. The quantitative estimate of drug-likeness (QED) is 0.843. The van der Waals surface area contributed by atoms with Gasteiger partial charge in [0.2, 0.25) is 0 Å². The van der Waals surface area contributed by atoms with E-state index in [9.17, 15) is 9.59 Å². The minimum atomic E-state index is -1.14. The minimum absolute atomic E-state index is 0.0423. The molecule has 0 aliphatic carbocycles. The lowest BCUT2D eigenvalue weighted by atomic mass is 10.1. The Morgan fingerprint density at radius 2 is 2.04 bits per heavy atom. The molecule has 2 N–H and O–H groups in total. The molecule has 6 heteroatoms. The second-order valence-electron chi connectivity index (χ2n) is 4.93. The average molecular weight is 324 g/mol. The molecule has 0 saturated carbocycles. The Morgan fingerprint density at radius 3 is 2.75 bits per heavy atom. The first-order valence-corrected chi connectivity index (χ1v) is 7.19. The summed E-state index contributed by atoms with van der Waals surface area (Å²) in [4.78, 5) is 26.5. The summed E-state index contributed by atoms with van der Waals surface area (Å²) >= 11 is 0. The molecule has 1 aromatic carbocycles. The van der Waals surface area contributed by atoms with E-state index < -0.39 is 12.1 Å². The Kier molecular flexibility index (Phi) is 5.92. The van der Waals surface area contributed by atoms with Crippen LogP contribution in [-0.2, 0) is 11.3 Å². The molecule has 0 bridgehead atoms. The van der Waals surface area contributed by atoms with Crippen molar-refractivity contribution in [2.24, 2.45) is 0 Å². The summed E-state index contributed by atoms with van der Waals surface area (Å²) in [6, 6.07) is 10.9. The molecule has 0 aliphatic heterocycles. The molecule has 0 aliphatic rings. The highest BCUT2D eigenvalue weighted by Gasteiger charge is 2.09. The number of carbonyl (C=O) groups is 2. The summed E-state index contributed by atoms with van der Waals surface area (Å²) in [6.07, 6.45) is 0.877. The molecule has 0 atom stereocenters. The number of hydrogen-bond donors (Lipinski definition) is 2. The molecule has 0 radical (unpaired) electrons. The van der Waals surface area contributed by atoms with Gasteiger partial charge >= 0.3 is 12.1 Å². The van der Waals surface area contributed by atoms with E-state index >= 15 is 0 Å².